The van der Waals surface area contributed by atoms with Crippen LogP contribution in [0.4, 0.5) is 5.95 Å². The van der Waals surface area contributed by atoms with E-state index in [1.807, 2.05) is 13.8 Å². The predicted octanol–water partition coefficient (Wildman–Crippen LogP) is 1.83. The molecule has 3 heterocycles. The summed E-state index contributed by atoms with van der Waals surface area (Å²) >= 11 is 3.54. The number of halogens is 1. The first-order chi connectivity index (χ1) is 10.4. The molecular weight excluding hydrogens is 348 g/mol. The third-order valence-electron chi connectivity index (χ3n) is 3.65. The van der Waals surface area contributed by atoms with Crippen LogP contribution in [0.2, 0.25) is 0 Å². The van der Waals surface area contributed by atoms with Crippen LogP contribution < -0.4 is 11.4 Å². The van der Waals surface area contributed by atoms with Crippen molar-refractivity contribution in [3.05, 3.63) is 43.7 Å². The molecule has 0 aliphatic rings. The number of nitrogens with zero attached hydrogens (tertiary/aromatic N) is 4. The van der Waals surface area contributed by atoms with Gasteiger partial charge in [0, 0.05) is 10.7 Å². The molecule has 3 aromatic heterocycles. The second-order valence-electron chi connectivity index (χ2n) is 5.21. The van der Waals surface area contributed by atoms with E-state index in [4.69, 9.17) is 5.73 Å². The van der Waals surface area contributed by atoms with Gasteiger partial charge in [-0.15, -0.1) is 0 Å². The minimum absolute atomic E-state index is 0.146. The van der Waals surface area contributed by atoms with Gasteiger partial charge in [0.1, 0.15) is 5.52 Å². The van der Waals surface area contributed by atoms with E-state index in [0.717, 1.165) is 21.3 Å². The minimum Gasteiger partial charge on any atom is -0.368 e. The van der Waals surface area contributed by atoms with Crippen LogP contribution in [0.5, 0.6) is 0 Å². The van der Waals surface area contributed by atoms with Crippen LogP contribution in [-0.2, 0) is 6.54 Å². The molecule has 7 nitrogen and oxygen atoms in total. The second-order valence-corrected chi connectivity index (χ2v) is 6.00. The average Bonchev–Trinajstić information content (AvgIpc) is 2.76. The zero-order valence-electron chi connectivity index (χ0n) is 12.4. The SMILES string of the molecule is Cc1cnc(Cn2c(=O)[nH]c3c(C)nc(N)nc32)c(C)c1Br. The largest absolute Gasteiger partial charge is 0.368 e. The molecule has 3 N–H and O–H groups in total. The van der Waals surface area contributed by atoms with Crippen LogP contribution in [0.3, 0.4) is 0 Å². The number of H-pyrrole nitrogens is 1. The zero-order chi connectivity index (χ0) is 16.0. The summed E-state index contributed by atoms with van der Waals surface area (Å²) in [6.07, 6.45) is 1.78. The van der Waals surface area contributed by atoms with Crippen molar-refractivity contribution in [3.8, 4) is 0 Å². The molecule has 0 aliphatic carbocycles. The normalized spacial score (nSPS) is 11.3. The van der Waals surface area contributed by atoms with Gasteiger partial charge in [-0.3, -0.25) is 9.55 Å². The van der Waals surface area contributed by atoms with Gasteiger partial charge in [0.05, 0.1) is 17.9 Å². The summed E-state index contributed by atoms with van der Waals surface area (Å²) in [5, 5.41) is 0. The number of pyridine rings is 1. The molecule has 0 atom stereocenters. The van der Waals surface area contributed by atoms with E-state index < -0.39 is 0 Å². The van der Waals surface area contributed by atoms with E-state index in [1.54, 1.807) is 13.1 Å². The summed E-state index contributed by atoms with van der Waals surface area (Å²) in [6, 6.07) is 0. The molecule has 0 bridgehead atoms. The van der Waals surface area contributed by atoms with Crippen molar-refractivity contribution in [1.82, 2.24) is 24.5 Å². The number of rotatable bonds is 2. The first-order valence-electron chi connectivity index (χ1n) is 6.71. The van der Waals surface area contributed by atoms with Gasteiger partial charge < -0.3 is 10.7 Å². The van der Waals surface area contributed by atoms with Crippen LogP contribution in [0.25, 0.3) is 11.2 Å². The fraction of sp³-hybridized carbons (Fsp3) is 0.286. The molecule has 22 heavy (non-hydrogen) atoms. The molecule has 0 unspecified atom stereocenters. The highest BCUT2D eigenvalue weighted by atomic mass is 79.9. The highest BCUT2D eigenvalue weighted by Gasteiger charge is 2.15. The molecule has 0 saturated carbocycles. The summed E-state index contributed by atoms with van der Waals surface area (Å²) in [4.78, 5) is 27.7. The van der Waals surface area contributed by atoms with E-state index in [2.05, 4.69) is 35.9 Å². The number of nitrogens with two attached hydrogens (primary N) is 1. The fourth-order valence-corrected chi connectivity index (χ4v) is 2.73. The number of fused-ring (bicyclic) bond motifs is 1. The zero-order valence-corrected chi connectivity index (χ0v) is 14.0. The van der Waals surface area contributed by atoms with Crippen molar-refractivity contribution in [2.24, 2.45) is 0 Å². The Morgan fingerprint density at radius 2 is 2.05 bits per heavy atom. The number of aromatic amines is 1. The fourth-order valence-electron chi connectivity index (χ4n) is 2.40. The van der Waals surface area contributed by atoms with Gasteiger partial charge in [-0.25, -0.2) is 9.78 Å². The number of aromatic nitrogens is 5. The first kappa shape index (κ1) is 14.7. The number of nitrogen functional groups attached to an aromatic ring is 1. The maximum Gasteiger partial charge on any atom is 0.328 e. The highest BCUT2D eigenvalue weighted by molar-refractivity contribution is 9.10. The quantitative estimate of drug-likeness (QED) is 0.723. The van der Waals surface area contributed by atoms with Gasteiger partial charge in [-0.2, -0.15) is 4.98 Å². The van der Waals surface area contributed by atoms with E-state index >= 15 is 0 Å². The summed E-state index contributed by atoms with van der Waals surface area (Å²) in [5.41, 5.74) is 10.0. The number of anilines is 1. The summed E-state index contributed by atoms with van der Waals surface area (Å²) in [5.74, 6) is 0.146. The number of nitrogens with one attached hydrogen (secondary N) is 1. The van der Waals surface area contributed by atoms with Crippen molar-refractivity contribution in [2.75, 3.05) is 5.73 Å². The average molecular weight is 363 g/mol. The molecular formula is C14H15BrN6O. The maximum absolute atomic E-state index is 12.2. The van der Waals surface area contributed by atoms with Crippen LogP contribution in [0.1, 0.15) is 22.5 Å². The molecule has 0 saturated heterocycles. The maximum atomic E-state index is 12.2. The molecule has 3 rings (SSSR count). The number of hydrogen-bond acceptors (Lipinski definition) is 5. The molecule has 114 valence electrons. The van der Waals surface area contributed by atoms with Gasteiger partial charge in [0.25, 0.3) is 0 Å². The lowest BCUT2D eigenvalue weighted by Crippen LogP contribution is -2.19. The van der Waals surface area contributed by atoms with Crippen molar-refractivity contribution >= 4 is 33.0 Å². The molecule has 0 aromatic carbocycles. The second kappa shape index (κ2) is 5.20. The van der Waals surface area contributed by atoms with E-state index in [0.29, 0.717) is 23.4 Å². The van der Waals surface area contributed by atoms with Gasteiger partial charge in [-0.05, 0) is 31.9 Å². The Bertz CT molecular complexity index is 943. The van der Waals surface area contributed by atoms with Crippen LogP contribution >= 0.6 is 15.9 Å². The van der Waals surface area contributed by atoms with Crippen molar-refractivity contribution in [2.45, 2.75) is 27.3 Å². The first-order valence-corrected chi connectivity index (χ1v) is 7.51. The van der Waals surface area contributed by atoms with E-state index in [1.165, 1.54) is 4.57 Å². The molecule has 8 heteroatoms. The number of aryl methyl sites for hydroxylation is 2. The van der Waals surface area contributed by atoms with E-state index in [9.17, 15) is 4.79 Å². The van der Waals surface area contributed by atoms with Crippen LogP contribution in [-0.4, -0.2) is 24.5 Å². The molecule has 0 amide bonds. The Hall–Kier alpha value is -2.22. The summed E-state index contributed by atoms with van der Waals surface area (Å²) in [6.45, 7) is 6.04. The van der Waals surface area contributed by atoms with Crippen molar-refractivity contribution in [3.63, 3.8) is 0 Å². The van der Waals surface area contributed by atoms with Gasteiger partial charge in [0.15, 0.2) is 5.65 Å². The summed E-state index contributed by atoms with van der Waals surface area (Å²) < 4.78 is 2.52. The third kappa shape index (κ3) is 2.29. The monoisotopic (exact) mass is 362 g/mol. The Kier molecular flexibility index (Phi) is 3.48. The number of imidazole rings is 1. The lowest BCUT2D eigenvalue weighted by Gasteiger charge is -2.09. The molecule has 3 aromatic rings. The topological polar surface area (TPSA) is 102 Å². The molecule has 0 spiro atoms. The summed E-state index contributed by atoms with van der Waals surface area (Å²) in [7, 11) is 0. The van der Waals surface area contributed by atoms with E-state index in [-0.39, 0.29) is 11.6 Å². The number of hydrogen-bond donors (Lipinski definition) is 2. The van der Waals surface area contributed by atoms with Crippen molar-refractivity contribution in [1.29, 1.82) is 0 Å². The Labute approximate surface area is 134 Å². The lowest BCUT2D eigenvalue weighted by atomic mass is 10.1. The van der Waals surface area contributed by atoms with Crippen LogP contribution in [0, 0.1) is 20.8 Å². The standard InChI is InChI=1S/C14H15BrN6O/c1-6-4-17-9(7(2)10(6)15)5-21-12-11(19-14(21)22)8(3)18-13(16)20-12/h4H,5H2,1-3H3,(H,19,22)(H2,16,18,20). The van der Waals surface area contributed by atoms with Gasteiger partial charge >= 0.3 is 5.69 Å². The van der Waals surface area contributed by atoms with Crippen LogP contribution in [0.15, 0.2) is 15.5 Å². The minimum atomic E-state index is -0.254. The Morgan fingerprint density at radius 1 is 1.32 bits per heavy atom. The molecule has 0 aliphatic heterocycles. The highest BCUT2D eigenvalue weighted by Crippen LogP contribution is 2.23. The Balaban J connectivity index is 2.18. The molecule has 0 fully saturated rings. The van der Waals surface area contributed by atoms with Gasteiger partial charge in [0.2, 0.25) is 5.95 Å². The smallest absolute Gasteiger partial charge is 0.328 e. The third-order valence-corrected chi connectivity index (χ3v) is 4.87. The predicted molar refractivity (Wildman–Crippen MR) is 87.8 cm³/mol. The lowest BCUT2D eigenvalue weighted by molar-refractivity contribution is 0.749. The van der Waals surface area contributed by atoms with Crippen molar-refractivity contribution < 1.29 is 0 Å². The Morgan fingerprint density at radius 3 is 2.77 bits per heavy atom. The van der Waals surface area contributed by atoms with Gasteiger partial charge in [-0.1, -0.05) is 15.9 Å². The molecule has 0 radical (unpaired) electrons.